The van der Waals surface area contributed by atoms with Gasteiger partial charge in [0.25, 0.3) is 5.91 Å². The molecule has 0 aliphatic carbocycles. The number of pyridine rings is 1. The van der Waals surface area contributed by atoms with Crippen LogP contribution in [-0.4, -0.2) is 10.9 Å². The van der Waals surface area contributed by atoms with Crippen LogP contribution in [0.4, 0.5) is 0 Å². The molecule has 2 aromatic heterocycles. The number of azide groups is 1. The molecule has 15 heavy (non-hydrogen) atoms. The van der Waals surface area contributed by atoms with Crippen LogP contribution in [0.1, 0.15) is 10.4 Å². The Hall–Kier alpha value is -1.43. The summed E-state index contributed by atoms with van der Waals surface area (Å²) in [6.45, 7) is 0. The summed E-state index contributed by atoms with van der Waals surface area (Å²) in [5.74, 6) is -0.584. The third kappa shape index (κ3) is 1.72. The van der Waals surface area contributed by atoms with Crippen molar-refractivity contribution in [2.45, 2.75) is 0 Å². The third-order valence-corrected chi connectivity index (χ3v) is 3.69. The highest BCUT2D eigenvalue weighted by atomic mass is 79.9. The van der Waals surface area contributed by atoms with E-state index < -0.39 is 5.91 Å². The minimum absolute atomic E-state index is 0.383. The highest BCUT2D eigenvalue weighted by Crippen LogP contribution is 2.31. The summed E-state index contributed by atoms with van der Waals surface area (Å²) < 4.78 is 1.56. The van der Waals surface area contributed by atoms with Gasteiger partial charge in [-0.2, -0.15) is 0 Å². The van der Waals surface area contributed by atoms with E-state index >= 15 is 0 Å². The van der Waals surface area contributed by atoms with Gasteiger partial charge < -0.3 is 0 Å². The van der Waals surface area contributed by atoms with E-state index in [0.717, 1.165) is 9.17 Å². The molecular weight excluding hydrogens is 280 g/mol. The molecule has 0 unspecified atom stereocenters. The Morgan fingerprint density at radius 2 is 2.47 bits per heavy atom. The second kappa shape index (κ2) is 3.98. The van der Waals surface area contributed by atoms with Crippen molar-refractivity contribution in [2.24, 2.45) is 5.11 Å². The molecule has 0 radical (unpaired) electrons. The summed E-state index contributed by atoms with van der Waals surface area (Å²) >= 11 is 4.70. The highest BCUT2D eigenvalue weighted by molar-refractivity contribution is 9.10. The number of carbonyl (C=O) groups is 1. The summed E-state index contributed by atoms with van der Waals surface area (Å²) in [4.78, 5) is 18.0. The second-order valence-corrected chi connectivity index (χ2v) is 4.35. The van der Waals surface area contributed by atoms with Crippen LogP contribution >= 0.6 is 27.3 Å². The first-order valence-corrected chi connectivity index (χ1v) is 5.52. The molecule has 2 aromatic rings. The van der Waals surface area contributed by atoms with Crippen LogP contribution in [0.2, 0.25) is 0 Å². The first kappa shape index (κ1) is 10.1. The zero-order chi connectivity index (χ0) is 10.8. The highest BCUT2D eigenvalue weighted by Gasteiger charge is 2.12. The molecule has 0 fully saturated rings. The molecule has 0 aliphatic heterocycles. The Labute approximate surface area is 96.5 Å². The molecular formula is C8H3BrN4OS. The van der Waals surface area contributed by atoms with E-state index in [9.17, 15) is 4.79 Å². The lowest BCUT2D eigenvalue weighted by atomic mass is 10.2. The first-order chi connectivity index (χ1) is 7.24. The number of thiophene rings is 1. The lowest BCUT2D eigenvalue weighted by Crippen LogP contribution is -1.93. The van der Waals surface area contributed by atoms with Crippen LogP contribution in [-0.2, 0) is 0 Å². The van der Waals surface area contributed by atoms with Crippen LogP contribution in [0, 0.1) is 0 Å². The van der Waals surface area contributed by atoms with Crippen molar-refractivity contribution in [2.75, 3.05) is 0 Å². The van der Waals surface area contributed by atoms with Gasteiger partial charge in [0.15, 0.2) is 0 Å². The van der Waals surface area contributed by atoms with Gasteiger partial charge in [0, 0.05) is 22.1 Å². The molecule has 5 nitrogen and oxygen atoms in total. The van der Waals surface area contributed by atoms with E-state index in [-0.39, 0.29) is 0 Å². The summed E-state index contributed by atoms with van der Waals surface area (Å²) in [6.07, 6.45) is 1.51. The van der Waals surface area contributed by atoms with Crippen molar-refractivity contribution >= 4 is 43.4 Å². The normalized spacial score (nSPS) is 9.93. The molecule has 0 aromatic carbocycles. The van der Waals surface area contributed by atoms with Crippen molar-refractivity contribution in [1.29, 1.82) is 0 Å². The van der Waals surface area contributed by atoms with Gasteiger partial charge in [-0.15, -0.1) is 11.3 Å². The van der Waals surface area contributed by atoms with E-state index in [1.807, 2.05) is 5.38 Å². The number of hydrogen-bond acceptors (Lipinski definition) is 3. The molecule has 0 saturated carbocycles. The van der Waals surface area contributed by atoms with Gasteiger partial charge in [-0.1, -0.05) is 0 Å². The van der Waals surface area contributed by atoms with E-state index in [4.69, 9.17) is 5.53 Å². The summed E-state index contributed by atoms with van der Waals surface area (Å²) in [6, 6.07) is 1.54. The van der Waals surface area contributed by atoms with Crippen molar-refractivity contribution in [3.63, 3.8) is 0 Å². The van der Waals surface area contributed by atoms with Gasteiger partial charge in [-0.05, 0) is 32.6 Å². The molecule has 2 rings (SSSR count). The number of nitrogens with zero attached hydrogens (tertiary/aromatic N) is 4. The second-order valence-electron chi connectivity index (χ2n) is 2.61. The van der Waals surface area contributed by atoms with Crippen molar-refractivity contribution in [1.82, 2.24) is 4.98 Å². The van der Waals surface area contributed by atoms with Crippen LogP contribution in [0.15, 0.2) is 27.2 Å². The minimum atomic E-state index is -0.584. The Bertz CT molecular complexity index is 587. The molecule has 1 amide bonds. The molecule has 0 saturated heterocycles. The smallest absolute Gasteiger partial charge is 0.250 e. The first-order valence-electron chi connectivity index (χ1n) is 3.85. The lowest BCUT2D eigenvalue weighted by Gasteiger charge is -1.95. The minimum Gasteiger partial charge on any atom is -0.287 e. The zero-order valence-corrected chi connectivity index (χ0v) is 9.62. The van der Waals surface area contributed by atoms with Gasteiger partial charge in [-0.3, -0.25) is 9.78 Å². The van der Waals surface area contributed by atoms with Gasteiger partial charge in [-0.25, -0.2) is 0 Å². The molecule has 0 bridgehead atoms. The maximum absolute atomic E-state index is 11.4. The number of halogens is 1. The number of hydrogen-bond donors (Lipinski definition) is 0. The van der Waals surface area contributed by atoms with Gasteiger partial charge in [0.1, 0.15) is 0 Å². The van der Waals surface area contributed by atoms with Crippen LogP contribution in [0.3, 0.4) is 0 Å². The largest absolute Gasteiger partial charge is 0.287 e. The van der Waals surface area contributed by atoms with E-state index in [0.29, 0.717) is 11.1 Å². The Morgan fingerprint density at radius 3 is 3.20 bits per heavy atom. The van der Waals surface area contributed by atoms with Crippen molar-refractivity contribution in [3.05, 3.63) is 38.1 Å². The number of amides is 1. The van der Waals surface area contributed by atoms with Crippen LogP contribution in [0.25, 0.3) is 20.7 Å². The van der Waals surface area contributed by atoms with Gasteiger partial charge in [0.2, 0.25) is 0 Å². The van der Waals surface area contributed by atoms with E-state index in [1.54, 1.807) is 6.07 Å². The maximum atomic E-state index is 11.4. The fraction of sp³-hybridized carbons (Fsp3) is 0. The summed E-state index contributed by atoms with van der Waals surface area (Å²) in [5, 5.41) is 4.90. The molecule has 0 spiro atoms. The fourth-order valence-corrected chi connectivity index (χ4v) is 2.77. The Kier molecular flexibility index (Phi) is 2.68. The number of aromatic nitrogens is 1. The van der Waals surface area contributed by atoms with E-state index in [1.165, 1.54) is 17.5 Å². The van der Waals surface area contributed by atoms with E-state index in [2.05, 4.69) is 30.9 Å². The van der Waals surface area contributed by atoms with Crippen LogP contribution < -0.4 is 0 Å². The predicted molar refractivity (Wildman–Crippen MR) is 60.8 cm³/mol. The van der Waals surface area contributed by atoms with Gasteiger partial charge >= 0.3 is 0 Å². The summed E-state index contributed by atoms with van der Waals surface area (Å²) in [5.41, 5.74) is 9.28. The average Bonchev–Trinajstić information content (AvgIpc) is 2.61. The standard InChI is InChI=1S/C8H3BrN4OS/c9-5-3-15-7-4(8(14)12-13-10)1-2-11-6(5)7/h1-3H. The molecule has 7 heteroatoms. The molecule has 74 valence electrons. The SMILES string of the molecule is [N-]=[N+]=NC(=O)c1ccnc2c(Br)csc12. The monoisotopic (exact) mass is 282 g/mol. The average molecular weight is 283 g/mol. The topological polar surface area (TPSA) is 78.7 Å². The zero-order valence-electron chi connectivity index (χ0n) is 7.22. The predicted octanol–water partition coefficient (Wildman–Crippen LogP) is 3.51. The molecule has 0 N–H and O–H groups in total. The lowest BCUT2D eigenvalue weighted by molar-refractivity contribution is 0.100. The maximum Gasteiger partial charge on any atom is 0.250 e. The Morgan fingerprint density at radius 1 is 1.67 bits per heavy atom. The molecule has 2 heterocycles. The summed E-state index contributed by atoms with van der Waals surface area (Å²) in [7, 11) is 0. The van der Waals surface area contributed by atoms with Crippen molar-refractivity contribution in [3.8, 4) is 0 Å². The molecule has 0 atom stereocenters. The van der Waals surface area contributed by atoms with Crippen LogP contribution in [0.5, 0.6) is 0 Å². The quantitative estimate of drug-likeness (QED) is 0.456. The number of fused-ring (bicyclic) bond motifs is 1. The third-order valence-electron chi connectivity index (χ3n) is 1.78. The number of carbonyl (C=O) groups excluding carboxylic acids is 1. The fourth-order valence-electron chi connectivity index (χ4n) is 1.17. The molecule has 0 aliphatic rings. The van der Waals surface area contributed by atoms with Crippen molar-refractivity contribution < 1.29 is 4.79 Å². The Balaban J connectivity index is 2.71. The number of rotatable bonds is 1. The van der Waals surface area contributed by atoms with Gasteiger partial charge in [0.05, 0.1) is 14.7 Å².